The van der Waals surface area contributed by atoms with Crippen LogP contribution >= 0.6 is 15.9 Å². The fourth-order valence-electron chi connectivity index (χ4n) is 4.01. The van der Waals surface area contributed by atoms with Crippen molar-refractivity contribution in [3.05, 3.63) is 82.8 Å². The molecule has 0 aliphatic carbocycles. The molecule has 4 rings (SSSR count). The van der Waals surface area contributed by atoms with Gasteiger partial charge in [0.2, 0.25) is 0 Å². The van der Waals surface area contributed by atoms with Gasteiger partial charge in [-0.1, -0.05) is 46.3 Å². The standard InChI is InChI=1S/C25H28BrN3O3S/c1-18-15-29(16-19(2)27-18)22-10-13-25(32-17-20-6-4-3-5-7-20)24(14-22)28-33(30,31)23-11-8-21(26)9-12-23/h3-14,18-19,27-28H,15-17H2,1-2H3. The quantitative estimate of drug-likeness (QED) is 0.449. The van der Waals surface area contributed by atoms with Crippen LogP contribution in [0.25, 0.3) is 0 Å². The SMILES string of the molecule is CC1CN(c2ccc(OCc3ccccc3)c(NS(=O)(=O)c3ccc(Br)cc3)c2)CC(C)N1. The first-order chi connectivity index (χ1) is 15.8. The van der Waals surface area contributed by atoms with E-state index in [-0.39, 0.29) is 4.90 Å². The number of nitrogens with one attached hydrogen (secondary N) is 2. The van der Waals surface area contributed by atoms with Crippen molar-refractivity contribution < 1.29 is 13.2 Å². The topological polar surface area (TPSA) is 70.7 Å². The van der Waals surface area contributed by atoms with Gasteiger partial charge in [0.1, 0.15) is 12.4 Å². The molecule has 3 aromatic rings. The van der Waals surface area contributed by atoms with E-state index in [1.165, 1.54) is 0 Å². The summed E-state index contributed by atoms with van der Waals surface area (Å²) in [7, 11) is -3.79. The highest BCUT2D eigenvalue weighted by Crippen LogP contribution is 2.33. The number of nitrogens with zero attached hydrogens (tertiary/aromatic N) is 1. The first-order valence-corrected chi connectivity index (χ1v) is 13.2. The summed E-state index contributed by atoms with van der Waals surface area (Å²) in [5.74, 6) is 0.486. The lowest BCUT2D eigenvalue weighted by Gasteiger charge is -2.38. The summed E-state index contributed by atoms with van der Waals surface area (Å²) in [4.78, 5) is 2.46. The maximum absolute atomic E-state index is 13.1. The second-order valence-corrected chi connectivity index (χ2v) is 11.0. The Balaban J connectivity index is 1.64. The highest BCUT2D eigenvalue weighted by Gasteiger charge is 2.23. The van der Waals surface area contributed by atoms with E-state index in [4.69, 9.17) is 4.74 Å². The first kappa shape index (κ1) is 23.6. The Morgan fingerprint density at radius 2 is 1.67 bits per heavy atom. The van der Waals surface area contributed by atoms with Crippen LogP contribution in [-0.4, -0.2) is 33.6 Å². The fourth-order valence-corrected chi connectivity index (χ4v) is 5.34. The van der Waals surface area contributed by atoms with Crippen molar-refractivity contribution in [2.75, 3.05) is 22.7 Å². The van der Waals surface area contributed by atoms with Crippen LogP contribution in [0.1, 0.15) is 19.4 Å². The number of benzene rings is 3. The predicted molar refractivity (Wildman–Crippen MR) is 136 cm³/mol. The second kappa shape index (κ2) is 10.2. The van der Waals surface area contributed by atoms with Crippen LogP contribution in [0, 0.1) is 0 Å². The van der Waals surface area contributed by atoms with Crippen molar-refractivity contribution in [1.29, 1.82) is 0 Å². The molecule has 33 heavy (non-hydrogen) atoms. The second-order valence-electron chi connectivity index (χ2n) is 8.39. The molecule has 0 bridgehead atoms. The smallest absolute Gasteiger partial charge is 0.262 e. The average Bonchev–Trinajstić information content (AvgIpc) is 2.78. The predicted octanol–water partition coefficient (Wildman–Crippen LogP) is 5.02. The van der Waals surface area contributed by atoms with Crippen LogP contribution in [0.2, 0.25) is 0 Å². The van der Waals surface area contributed by atoms with Gasteiger partial charge in [0.25, 0.3) is 10.0 Å². The van der Waals surface area contributed by atoms with Crippen molar-refractivity contribution in [2.24, 2.45) is 0 Å². The number of sulfonamides is 1. The number of hydrogen-bond donors (Lipinski definition) is 2. The van der Waals surface area contributed by atoms with Gasteiger partial charge in [0.05, 0.1) is 10.6 Å². The van der Waals surface area contributed by atoms with E-state index in [9.17, 15) is 8.42 Å². The van der Waals surface area contributed by atoms with Crippen molar-refractivity contribution in [1.82, 2.24) is 5.32 Å². The third kappa shape index (κ3) is 6.07. The van der Waals surface area contributed by atoms with Crippen molar-refractivity contribution in [3.8, 4) is 5.75 Å². The molecule has 0 saturated carbocycles. The minimum absolute atomic E-state index is 0.189. The summed E-state index contributed by atoms with van der Waals surface area (Å²) in [6.07, 6.45) is 0. The van der Waals surface area contributed by atoms with Gasteiger partial charge in [-0.25, -0.2) is 8.42 Å². The van der Waals surface area contributed by atoms with Gasteiger partial charge in [-0.15, -0.1) is 0 Å². The molecule has 3 aromatic carbocycles. The summed E-state index contributed by atoms with van der Waals surface area (Å²) in [6, 6.07) is 22.7. The third-order valence-corrected chi connectivity index (χ3v) is 7.40. The van der Waals surface area contributed by atoms with Crippen LogP contribution in [0.3, 0.4) is 0 Å². The molecule has 2 unspecified atom stereocenters. The van der Waals surface area contributed by atoms with E-state index in [1.54, 1.807) is 24.3 Å². The lowest BCUT2D eigenvalue weighted by Crippen LogP contribution is -2.54. The minimum atomic E-state index is -3.79. The molecule has 1 fully saturated rings. The molecular formula is C25H28BrN3O3S. The van der Waals surface area contributed by atoms with E-state index < -0.39 is 10.0 Å². The zero-order chi connectivity index (χ0) is 23.4. The maximum atomic E-state index is 13.1. The summed E-state index contributed by atoms with van der Waals surface area (Å²) in [6.45, 7) is 6.32. The Morgan fingerprint density at radius 1 is 1.00 bits per heavy atom. The van der Waals surface area contributed by atoms with Crippen molar-refractivity contribution in [3.63, 3.8) is 0 Å². The molecule has 1 aliphatic heterocycles. The normalized spacial score (nSPS) is 18.7. The molecule has 0 amide bonds. The Bertz CT molecular complexity index is 1180. The van der Waals surface area contributed by atoms with E-state index in [0.29, 0.717) is 30.1 Å². The van der Waals surface area contributed by atoms with E-state index in [2.05, 4.69) is 44.7 Å². The molecule has 2 atom stereocenters. The maximum Gasteiger partial charge on any atom is 0.262 e. The number of halogens is 1. The van der Waals surface area contributed by atoms with Crippen LogP contribution in [0.15, 0.2) is 82.2 Å². The van der Waals surface area contributed by atoms with Gasteiger partial charge in [-0.2, -0.15) is 0 Å². The van der Waals surface area contributed by atoms with E-state index >= 15 is 0 Å². The van der Waals surface area contributed by atoms with Crippen molar-refractivity contribution in [2.45, 2.75) is 37.4 Å². The third-order valence-electron chi connectivity index (χ3n) is 5.49. The van der Waals surface area contributed by atoms with Gasteiger partial charge in [0, 0.05) is 35.3 Å². The average molecular weight is 530 g/mol. The molecule has 0 aromatic heterocycles. The summed E-state index contributed by atoms with van der Waals surface area (Å²) >= 11 is 3.35. The Hall–Kier alpha value is -2.55. The molecular weight excluding hydrogens is 502 g/mol. The van der Waals surface area contributed by atoms with Gasteiger partial charge >= 0.3 is 0 Å². The van der Waals surface area contributed by atoms with Crippen LogP contribution in [0.5, 0.6) is 5.75 Å². The lowest BCUT2D eigenvalue weighted by molar-refractivity contribution is 0.308. The zero-order valence-corrected chi connectivity index (χ0v) is 21.1. The summed E-state index contributed by atoms with van der Waals surface area (Å²) in [5.41, 5.74) is 2.38. The molecule has 0 radical (unpaired) electrons. The number of piperazine rings is 1. The lowest BCUT2D eigenvalue weighted by atomic mass is 10.1. The number of anilines is 2. The Morgan fingerprint density at radius 3 is 2.33 bits per heavy atom. The van der Waals surface area contributed by atoms with E-state index in [0.717, 1.165) is 28.8 Å². The number of hydrogen-bond acceptors (Lipinski definition) is 5. The minimum Gasteiger partial charge on any atom is -0.487 e. The number of rotatable bonds is 7. The molecule has 0 spiro atoms. The van der Waals surface area contributed by atoms with Gasteiger partial charge in [-0.05, 0) is 61.9 Å². The molecule has 6 nitrogen and oxygen atoms in total. The summed E-state index contributed by atoms with van der Waals surface area (Å²) < 4.78 is 35.9. The molecule has 8 heteroatoms. The number of ether oxygens (including phenoxy) is 1. The Kier molecular flexibility index (Phi) is 7.26. The van der Waals surface area contributed by atoms with Gasteiger partial charge < -0.3 is 15.0 Å². The van der Waals surface area contributed by atoms with Gasteiger partial charge in [0.15, 0.2) is 0 Å². The molecule has 174 valence electrons. The molecule has 2 N–H and O–H groups in total. The monoisotopic (exact) mass is 529 g/mol. The highest BCUT2D eigenvalue weighted by molar-refractivity contribution is 9.10. The van der Waals surface area contributed by atoms with E-state index in [1.807, 2.05) is 48.5 Å². The first-order valence-electron chi connectivity index (χ1n) is 10.9. The Labute approximate surface area is 204 Å². The largest absolute Gasteiger partial charge is 0.487 e. The molecule has 1 heterocycles. The molecule has 1 saturated heterocycles. The molecule has 1 aliphatic rings. The van der Waals surface area contributed by atoms with Crippen molar-refractivity contribution >= 4 is 37.3 Å². The zero-order valence-electron chi connectivity index (χ0n) is 18.7. The fraction of sp³-hybridized carbons (Fsp3) is 0.280. The highest BCUT2D eigenvalue weighted by atomic mass is 79.9. The van der Waals surface area contributed by atoms with Crippen LogP contribution in [-0.2, 0) is 16.6 Å². The van der Waals surface area contributed by atoms with Crippen LogP contribution < -0.4 is 19.7 Å². The van der Waals surface area contributed by atoms with Crippen LogP contribution in [0.4, 0.5) is 11.4 Å². The van der Waals surface area contributed by atoms with Gasteiger partial charge in [-0.3, -0.25) is 4.72 Å². The summed E-state index contributed by atoms with van der Waals surface area (Å²) in [5, 5.41) is 3.53.